The molecule has 0 saturated heterocycles. The second-order valence-corrected chi connectivity index (χ2v) is 6.24. The van der Waals surface area contributed by atoms with Gasteiger partial charge in [-0.25, -0.2) is 0 Å². The van der Waals surface area contributed by atoms with Gasteiger partial charge in [-0.1, -0.05) is 35.6 Å². The second kappa shape index (κ2) is 7.48. The van der Waals surface area contributed by atoms with Crippen molar-refractivity contribution >= 4 is 5.57 Å². The summed E-state index contributed by atoms with van der Waals surface area (Å²) in [5.74, 6) is 0.682. The maximum Gasteiger partial charge on any atom is 0.203 e. The Bertz CT molecular complexity index is 1050. The van der Waals surface area contributed by atoms with E-state index in [2.05, 4.69) is 38.9 Å². The number of rotatable bonds is 5. The third-order valence-corrected chi connectivity index (χ3v) is 4.61. The number of H-pyrrole nitrogens is 1. The molecule has 1 aliphatic rings. The van der Waals surface area contributed by atoms with Crippen molar-refractivity contribution in [1.82, 2.24) is 20.7 Å². The molecule has 3 aromatic rings. The van der Waals surface area contributed by atoms with Gasteiger partial charge in [0.05, 0.1) is 19.9 Å². The van der Waals surface area contributed by atoms with Gasteiger partial charge in [0, 0.05) is 17.7 Å². The van der Waals surface area contributed by atoms with Gasteiger partial charge in [0.25, 0.3) is 0 Å². The molecular formula is C21H20N4O3. The second-order valence-electron chi connectivity index (χ2n) is 6.24. The fraction of sp³-hybridized carbons (Fsp3) is 0.143. The van der Waals surface area contributed by atoms with E-state index in [1.807, 2.05) is 24.4 Å². The molecule has 142 valence electrons. The van der Waals surface area contributed by atoms with Crippen LogP contribution in [-0.4, -0.2) is 41.3 Å². The lowest BCUT2D eigenvalue weighted by Crippen LogP contribution is -2.08. The molecule has 28 heavy (non-hydrogen) atoms. The highest BCUT2D eigenvalue weighted by atomic mass is 16.5. The van der Waals surface area contributed by atoms with Crippen LogP contribution in [0.4, 0.5) is 0 Å². The zero-order valence-corrected chi connectivity index (χ0v) is 15.6. The number of ether oxygens (including phenoxy) is 2. The van der Waals surface area contributed by atoms with E-state index in [1.165, 1.54) is 19.8 Å². The molecule has 2 heterocycles. The molecule has 0 aliphatic carbocycles. The van der Waals surface area contributed by atoms with Crippen molar-refractivity contribution in [3.05, 3.63) is 60.3 Å². The summed E-state index contributed by atoms with van der Waals surface area (Å²) in [5.41, 5.74) is 5.30. The molecule has 1 aromatic heterocycles. The minimum Gasteiger partial charge on any atom is -0.504 e. The van der Waals surface area contributed by atoms with Crippen molar-refractivity contribution in [3.8, 4) is 39.8 Å². The largest absolute Gasteiger partial charge is 0.504 e. The van der Waals surface area contributed by atoms with Gasteiger partial charge in [0.15, 0.2) is 11.5 Å². The average Bonchev–Trinajstić information content (AvgIpc) is 3.24. The molecule has 7 heteroatoms. The van der Waals surface area contributed by atoms with Crippen LogP contribution in [-0.2, 0) is 0 Å². The lowest BCUT2D eigenvalue weighted by molar-refractivity contribution is 0.333. The molecule has 0 radical (unpaired) electrons. The first-order valence-electron chi connectivity index (χ1n) is 8.78. The molecule has 0 spiro atoms. The summed E-state index contributed by atoms with van der Waals surface area (Å²) in [6.45, 7) is 0.824. The number of nitrogens with one attached hydrogen (secondary N) is 2. The van der Waals surface area contributed by atoms with Crippen LogP contribution in [0, 0.1) is 0 Å². The minimum atomic E-state index is -0.0224. The van der Waals surface area contributed by atoms with Gasteiger partial charge in [-0.05, 0) is 35.5 Å². The Labute approximate surface area is 162 Å². The monoisotopic (exact) mass is 376 g/mol. The first-order valence-corrected chi connectivity index (χ1v) is 8.78. The van der Waals surface area contributed by atoms with Gasteiger partial charge < -0.3 is 19.9 Å². The summed E-state index contributed by atoms with van der Waals surface area (Å²) in [5, 5.41) is 24.5. The van der Waals surface area contributed by atoms with Crippen molar-refractivity contribution in [3.63, 3.8) is 0 Å². The van der Waals surface area contributed by atoms with Gasteiger partial charge in [-0.15, -0.1) is 5.10 Å². The van der Waals surface area contributed by atoms with Crippen LogP contribution in [0.1, 0.15) is 5.56 Å². The predicted octanol–water partition coefficient (Wildman–Crippen LogP) is 3.36. The molecule has 4 rings (SSSR count). The standard InChI is InChI=1S/C21H20N4O3/c1-27-18-12-16(11-17(26)21(18)28-2)20-19(23-25-24-20)15-5-3-13(4-6-15)14-7-9-22-10-8-14/h3-9,11-12,22,26H,10H2,1-2H3,(H,23,24,25). The Morgan fingerprint density at radius 2 is 1.79 bits per heavy atom. The van der Waals surface area contributed by atoms with Crippen LogP contribution in [0.3, 0.4) is 0 Å². The molecule has 0 amide bonds. The van der Waals surface area contributed by atoms with Crippen LogP contribution in [0.5, 0.6) is 17.2 Å². The molecule has 0 fully saturated rings. The minimum absolute atomic E-state index is 0.0224. The number of nitrogens with zero attached hydrogens (tertiary/aromatic N) is 2. The third-order valence-electron chi connectivity index (χ3n) is 4.61. The van der Waals surface area contributed by atoms with Crippen LogP contribution >= 0.6 is 0 Å². The molecule has 2 aromatic carbocycles. The SMILES string of the molecule is COc1cc(-c2nn[nH]c2-c2ccc(C3=CCNC=C3)cc2)cc(O)c1OC. The molecule has 0 saturated carbocycles. The van der Waals surface area contributed by atoms with E-state index in [-0.39, 0.29) is 11.5 Å². The molecule has 7 nitrogen and oxygen atoms in total. The van der Waals surface area contributed by atoms with E-state index < -0.39 is 0 Å². The summed E-state index contributed by atoms with van der Waals surface area (Å²) < 4.78 is 10.5. The van der Waals surface area contributed by atoms with Crippen molar-refractivity contribution in [1.29, 1.82) is 0 Å². The number of aromatic nitrogens is 3. The van der Waals surface area contributed by atoms with Gasteiger partial charge in [0.2, 0.25) is 5.75 Å². The number of dihydropyridines is 1. The maximum absolute atomic E-state index is 10.3. The van der Waals surface area contributed by atoms with Crippen LogP contribution in [0.15, 0.2) is 54.8 Å². The average molecular weight is 376 g/mol. The van der Waals surface area contributed by atoms with Crippen molar-refractivity contribution in [2.45, 2.75) is 0 Å². The van der Waals surface area contributed by atoms with Crippen molar-refractivity contribution in [2.24, 2.45) is 0 Å². The van der Waals surface area contributed by atoms with Crippen molar-refractivity contribution < 1.29 is 14.6 Å². The lowest BCUT2D eigenvalue weighted by atomic mass is 9.99. The molecular weight excluding hydrogens is 356 g/mol. The Kier molecular flexibility index (Phi) is 4.72. The third kappa shape index (κ3) is 3.18. The van der Waals surface area contributed by atoms with E-state index >= 15 is 0 Å². The van der Waals surface area contributed by atoms with Crippen LogP contribution in [0.2, 0.25) is 0 Å². The van der Waals surface area contributed by atoms with E-state index in [0.29, 0.717) is 17.0 Å². The van der Waals surface area contributed by atoms with Gasteiger partial charge in [-0.3, -0.25) is 5.10 Å². The number of methoxy groups -OCH3 is 2. The Hall–Kier alpha value is -3.74. The highest BCUT2D eigenvalue weighted by Crippen LogP contribution is 2.41. The number of aromatic hydroxyl groups is 1. The van der Waals surface area contributed by atoms with Crippen LogP contribution in [0.25, 0.3) is 28.1 Å². The Balaban J connectivity index is 1.71. The first kappa shape index (κ1) is 17.7. The fourth-order valence-electron chi connectivity index (χ4n) is 3.21. The molecule has 0 bridgehead atoms. The summed E-state index contributed by atoms with van der Waals surface area (Å²) in [6, 6.07) is 11.5. The van der Waals surface area contributed by atoms with Crippen molar-refractivity contribution in [2.75, 3.05) is 20.8 Å². The number of phenolic OH excluding ortho intramolecular Hbond substituents is 1. The highest BCUT2D eigenvalue weighted by Gasteiger charge is 2.18. The Morgan fingerprint density at radius 3 is 2.46 bits per heavy atom. The summed E-state index contributed by atoms with van der Waals surface area (Å²) in [4.78, 5) is 0. The van der Waals surface area contributed by atoms with E-state index in [4.69, 9.17) is 9.47 Å². The summed E-state index contributed by atoms with van der Waals surface area (Å²) in [7, 11) is 3.00. The molecule has 3 N–H and O–H groups in total. The first-order chi connectivity index (χ1) is 13.7. The zero-order chi connectivity index (χ0) is 19.5. The number of allylic oxidation sites excluding steroid dienone is 2. The molecule has 0 atom stereocenters. The van der Waals surface area contributed by atoms with Gasteiger partial charge >= 0.3 is 0 Å². The zero-order valence-electron chi connectivity index (χ0n) is 15.6. The van der Waals surface area contributed by atoms with E-state index in [9.17, 15) is 5.11 Å². The number of hydrogen-bond donors (Lipinski definition) is 3. The van der Waals surface area contributed by atoms with E-state index in [1.54, 1.807) is 12.1 Å². The quantitative estimate of drug-likeness (QED) is 0.632. The number of hydrogen-bond acceptors (Lipinski definition) is 6. The number of benzene rings is 2. The summed E-state index contributed by atoms with van der Waals surface area (Å²) in [6.07, 6.45) is 6.14. The fourth-order valence-corrected chi connectivity index (χ4v) is 3.21. The summed E-state index contributed by atoms with van der Waals surface area (Å²) >= 11 is 0. The smallest absolute Gasteiger partial charge is 0.203 e. The number of aromatic amines is 1. The predicted molar refractivity (Wildman–Crippen MR) is 107 cm³/mol. The Morgan fingerprint density at radius 1 is 1.00 bits per heavy atom. The molecule has 0 unspecified atom stereocenters. The number of phenols is 1. The van der Waals surface area contributed by atoms with Gasteiger partial charge in [0.1, 0.15) is 5.69 Å². The maximum atomic E-state index is 10.3. The lowest BCUT2D eigenvalue weighted by Gasteiger charge is -2.12. The van der Waals surface area contributed by atoms with E-state index in [0.717, 1.165) is 23.4 Å². The normalized spacial score (nSPS) is 13.0. The molecule has 1 aliphatic heterocycles. The van der Waals surface area contributed by atoms with Gasteiger partial charge in [-0.2, -0.15) is 0 Å². The highest BCUT2D eigenvalue weighted by molar-refractivity contribution is 5.82. The topological polar surface area (TPSA) is 92.3 Å². The van der Waals surface area contributed by atoms with Crippen LogP contribution < -0.4 is 14.8 Å².